The molecule has 3 aliphatic rings. The van der Waals surface area contributed by atoms with Gasteiger partial charge in [0.25, 0.3) is 5.91 Å². The first-order chi connectivity index (χ1) is 12.6. The summed E-state index contributed by atoms with van der Waals surface area (Å²) < 4.78 is 7.22. The van der Waals surface area contributed by atoms with Crippen LogP contribution in [-0.4, -0.2) is 71.4 Å². The van der Waals surface area contributed by atoms with Crippen molar-refractivity contribution >= 4 is 5.91 Å². The normalized spacial score (nSPS) is 28.0. The van der Waals surface area contributed by atoms with Crippen LogP contribution in [0.25, 0.3) is 0 Å². The highest BCUT2D eigenvalue weighted by Gasteiger charge is 2.37. The number of ether oxygens (including phenoxy) is 1. The van der Waals surface area contributed by atoms with Crippen LogP contribution < -0.4 is 0 Å². The lowest BCUT2D eigenvalue weighted by molar-refractivity contribution is 0.0312. The number of nitrogens with zero attached hydrogens (tertiary/aromatic N) is 4. The van der Waals surface area contributed by atoms with Crippen molar-refractivity contribution < 1.29 is 9.53 Å². The van der Waals surface area contributed by atoms with Gasteiger partial charge in [0, 0.05) is 45.5 Å². The van der Waals surface area contributed by atoms with Crippen LogP contribution in [0.15, 0.2) is 18.2 Å². The number of carbonyl (C=O) groups excluding carboxylic acids is 1. The van der Waals surface area contributed by atoms with Crippen molar-refractivity contribution in [2.24, 2.45) is 24.8 Å². The second-order valence-electron chi connectivity index (χ2n) is 8.04. The molecular formula is C20H30N4O2. The van der Waals surface area contributed by atoms with Crippen molar-refractivity contribution in [1.29, 1.82) is 0 Å². The van der Waals surface area contributed by atoms with Crippen molar-refractivity contribution in [2.75, 3.05) is 45.9 Å². The average Bonchev–Trinajstić information content (AvgIpc) is 3.35. The number of morpholine rings is 1. The smallest absolute Gasteiger partial charge is 0.274 e. The molecule has 142 valence electrons. The van der Waals surface area contributed by atoms with Gasteiger partial charge in [-0.2, -0.15) is 5.10 Å². The Kier molecular flexibility index (Phi) is 5.14. The van der Waals surface area contributed by atoms with Gasteiger partial charge < -0.3 is 9.64 Å². The van der Waals surface area contributed by atoms with E-state index in [1.807, 2.05) is 20.0 Å². The Morgan fingerprint density at radius 2 is 2.12 bits per heavy atom. The highest BCUT2D eigenvalue weighted by Crippen LogP contribution is 2.43. The number of allylic oxidation sites excluding steroid dienone is 2. The number of fused-ring (bicyclic) bond motifs is 2. The molecule has 0 unspecified atom stereocenters. The molecule has 6 nitrogen and oxygen atoms in total. The third-order valence-electron chi connectivity index (χ3n) is 6.28. The van der Waals surface area contributed by atoms with Gasteiger partial charge in [-0.05, 0) is 43.6 Å². The van der Waals surface area contributed by atoms with E-state index in [4.69, 9.17) is 4.74 Å². The Morgan fingerprint density at radius 3 is 2.73 bits per heavy atom. The van der Waals surface area contributed by atoms with Gasteiger partial charge in [-0.1, -0.05) is 12.2 Å². The van der Waals surface area contributed by atoms with E-state index >= 15 is 0 Å². The van der Waals surface area contributed by atoms with Crippen LogP contribution in [0.2, 0.25) is 0 Å². The maximum absolute atomic E-state index is 13.2. The molecule has 1 aliphatic heterocycles. The Hall–Kier alpha value is -1.66. The van der Waals surface area contributed by atoms with E-state index in [1.165, 1.54) is 12.8 Å². The molecule has 2 aliphatic carbocycles. The number of hydrogen-bond donors (Lipinski definition) is 0. The minimum atomic E-state index is 0.0775. The SMILES string of the molecule is Cc1cc(C(=O)N(CCN2CCOCC2)C[C@H]2C[C@H]3C=C[C@H]2C3)nn1C. The van der Waals surface area contributed by atoms with Gasteiger partial charge in [-0.25, -0.2) is 0 Å². The van der Waals surface area contributed by atoms with Crippen molar-refractivity contribution in [3.05, 3.63) is 29.6 Å². The lowest BCUT2D eigenvalue weighted by Gasteiger charge is -2.32. The topological polar surface area (TPSA) is 50.6 Å². The van der Waals surface area contributed by atoms with Crippen LogP contribution in [0.1, 0.15) is 29.0 Å². The lowest BCUT2D eigenvalue weighted by atomic mass is 9.93. The van der Waals surface area contributed by atoms with E-state index in [0.29, 0.717) is 17.5 Å². The fourth-order valence-electron chi connectivity index (χ4n) is 4.58. The van der Waals surface area contributed by atoms with Crippen molar-refractivity contribution in [3.8, 4) is 0 Å². The Bertz CT molecular complexity index is 658. The molecule has 26 heavy (non-hydrogen) atoms. The predicted molar refractivity (Wildman–Crippen MR) is 100.0 cm³/mol. The summed E-state index contributed by atoms with van der Waals surface area (Å²) in [6.45, 7) is 8.04. The number of aromatic nitrogens is 2. The lowest BCUT2D eigenvalue weighted by Crippen LogP contribution is -2.45. The zero-order valence-corrected chi connectivity index (χ0v) is 15.9. The summed E-state index contributed by atoms with van der Waals surface area (Å²) in [5.41, 5.74) is 1.59. The third-order valence-corrected chi connectivity index (χ3v) is 6.28. The molecule has 2 heterocycles. The van der Waals surface area contributed by atoms with Crippen LogP contribution in [0, 0.1) is 24.7 Å². The van der Waals surface area contributed by atoms with Gasteiger partial charge >= 0.3 is 0 Å². The molecule has 0 spiro atoms. The minimum Gasteiger partial charge on any atom is -0.379 e. The van der Waals surface area contributed by atoms with Crippen molar-refractivity contribution in [3.63, 3.8) is 0 Å². The van der Waals surface area contributed by atoms with Crippen LogP contribution in [0.4, 0.5) is 0 Å². The highest BCUT2D eigenvalue weighted by atomic mass is 16.5. The Balaban J connectivity index is 1.44. The summed E-state index contributed by atoms with van der Waals surface area (Å²) in [4.78, 5) is 17.6. The van der Waals surface area contributed by atoms with Crippen LogP contribution in [-0.2, 0) is 11.8 Å². The molecule has 0 aromatic carbocycles. The maximum Gasteiger partial charge on any atom is 0.274 e. The van der Waals surface area contributed by atoms with Gasteiger partial charge in [-0.15, -0.1) is 0 Å². The summed E-state index contributed by atoms with van der Waals surface area (Å²) in [6.07, 6.45) is 7.24. The standard InChI is InChI=1S/C20H30N4O2/c1-15-11-19(21-22(15)2)20(25)24(6-5-23-7-9-26-10-8-23)14-18-13-16-3-4-17(18)12-16/h3-4,11,16-18H,5-10,12-14H2,1-2H3/t16-,17-,18+/m0/s1. The van der Waals surface area contributed by atoms with Crippen molar-refractivity contribution in [2.45, 2.75) is 19.8 Å². The first-order valence-corrected chi connectivity index (χ1v) is 9.88. The van der Waals surface area contributed by atoms with Crippen molar-refractivity contribution in [1.82, 2.24) is 19.6 Å². The zero-order valence-electron chi connectivity index (χ0n) is 15.9. The molecule has 2 bridgehead atoms. The van der Waals surface area contributed by atoms with E-state index < -0.39 is 0 Å². The van der Waals surface area contributed by atoms with Crippen LogP contribution in [0.5, 0.6) is 0 Å². The molecule has 1 amide bonds. The number of carbonyl (C=O) groups is 1. The number of rotatable bonds is 6. The number of amides is 1. The van der Waals surface area contributed by atoms with Gasteiger partial charge in [0.15, 0.2) is 5.69 Å². The molecule has 1 aromatic rings. The molecule has 0 N–H and O–H groups in total. The first-order valence-electron chi connectivity index (χ1n) is 9.88. The molecule has 4 rings (SSSR count). The summed E-state index contributed by atoms with van der Waals surface area (Å²) in [5, 5.41) is 4.43. The predicted octanol–water partition coefficient (Wildman–Crippen LogP) is 1.72. The minimum absolute atomic E-state index is 0.0775. The Morgan fingerprint density at radius 1 is 1.31 bits per heavy atom. The van der Waals surface area contributed by atoms with E-state index in [-0.39, 0.29) is 5.91 Å². The molecule has 0 radical (unpaired) electrons. The van der Waals surface area contributed by atoms with E-state index in [0.717, 1.165) is 57.5 Å². The van der Waals surface area contributed by atoms with Crippen LogP contribution >= 0.6 is 0 Å². The molecule has 2 fully saturated rings. The molecular weight excluding hydrogens is 328 g/mol. The average molecular weight is 358 g/mol. The summed E-state index contributed by atoms with van der Waals surface area (Å²) in [5.74, 6) is 2.07. The summed E-state index contributed by atoms with van der Waals surface area (Å²) >= 11 is 0. The van der Waals surface area contributed by atoms with E-state index in [9.17, 15) is 4.79 Å². The monoisotopic (exact) mass is 358 g/mol. The second-order valence-corrected chi connectivity index (χ2v) is 8.04. The first kappa shape index (κ1) is 17.7. The highest BCUT2D eigenvalue weighted by molar-refractivity contribution is 5.92. The largest absolute Gasteiger partial charge is 0.379 e. The molecule has 1 aromatic heterocycles. The fraction of sp³-hybridized carbons (Fsp3) is 0.700. The Labute approximate surface area is 155 Å². The van der Waals surface area contributed by atoms with Crippen LogP contribution in [0.3, 0.4) is 0 Å². The fourth-order valence-corrected chi connectivity index (χ4v) is 4.58. The third kappa shape index (κ3) is 3.71. The maximum atomic E-state index is 13.2. The second kappa shape index (κ2) is 7.53. The quantitative estimate of drug-likeness (QED) is 0.727. The summed E-state index contributed by atoms with van der Waals surface area (Å²) in [6, 6.07) is 1.91. The number of hydrogen-bond acceptors (Lipinski definition) is 4. The van der Waals surface area contributed by atoms with Gasteiger partial charge in [0.1, 0.15) is 0 Å². The molecule has 3 atom stereocenters. The zero-order chi connectivity index (χ0) is 18.1. The molecule has 1 saturated carbocycles. The van der Waals surface area contributed by atoms with E-state index in [2.05, 4.69) is 27.1 Å². The molecule has 1 saturated heterocycles. The van der Waals surface area contributed by atoms with Gasteiger partial charge in [-0.3, -0.25) is 14.4 Å². The molecule has 6 heteroatoms. The van der Waals surface area contributed by atoms with E-state index in [1.54, 1.807) is 4.68 Å². The summed E-state index contributed by atoms with van der Waals surface area (Å²) in [7, 11) is 1.89. The van der Waals surface area contributed by atoms with Gasteiger partial charge in [0.2, 0.25) is 0 Å². The number of aryl methyl sites for hydroxylation is 2. The van der Waals surface area contributed by atoms with Gasteiger partial charge in [0.05, 0.1) is 13.2 Å².